The topological polar surface area (TPSA) is 57.2 Å². The number of β-amino-alcohol motifs (C(OH)–C–C–N with tert-alkyl or cyclic N) is 1. The summed E-state index contributed by atoms with van der Waals surface area (Å²) in [5.41, 5.74) is 1.18. The van der Waals surface area contributed by atoms with Gasteiger partial charge in [-0.05, 0) is 89.1 Å². The number of rotatable bonds is 10. The minimum absolute atomic E-state index is 0.291. The largest absolute Gasteiger partial charge is 0.493 e. The van der Waals surface area contributed by atoms with Crippen molar-refractivity contribution in [1.29, 1.82) is 0 Å². The molecule has 31 heavy (non-hydrogen) atoms. The third kappa shape index (κ3) is 8.60. The van der Waals surface area contributed by atoms with E-state index >= 15 is 0 Å². The molecule has 6 heteroatoms. The van der Waals surface area contributed by atoms with E-state index in [0.29, 0.717) is 18.9 Å². The molecule has 2 heterocycles. The Hall–Kier alpha value is -1.34. The second-order valence-corrected chi connectivity index (χ2v) is 9.40. The number of piperidine rings is 1. The van der Waals surface area contributed by atoms with Gasteiger partial charge in [0.05, 0.1) is 7.11 Å². The van der Waals surface area contributed by atoms with Crippen LogP contribution in [0, 0.1) is 5.92 Å². The number of hydrogen-bond donors (Lipinski definition) is 2. The molecule has 2 fully saturated rings. The highest BCUT2D eigenvalue weighted by molar-refractivity contribution is 5.43. The van der Waals surface area contributed by atoms with Gasteiger partial charge in [0.15, 0.2) is 11.5 Å². The number of aliphatic hydroxyl groups excluding tert-OH is 1. The lowest BCUT2D eigenvalue weighted by molar-refractivity contribution is 0.0644. The van der Waals surface area contributed by atoms with Crippen molar-refractivity contribution in [3.8, 4) is 11.5 Å². The standard InChI is InChI=1S/C25H43N3O3/c1-27-14-10-21(11-15-27)17-26-18-22-8-9-24(30-2)25(16-22)31-20-23(29)19-28-12-6-4-3-5-7-13-28/h8-9,16,21,23,26,29H,3-7,10-15,17-20H2,1-2H3. The lowest BCUT2D eigenvalue weighted by Crippen LogP contribution is -2.37. The van der Waals surface area contributed by atoms with Gasteiger partial charge >= 0.3 is 0 Å². The van der Waals surface area contributed by atoms with Gasteiger partial charge in [-0.1, -0.05) is 25.3 Å². The molecule has 0 saturated carbocycles. The molecule has 0 amide bonds. The molecule has 2 saturated heterocycles. The summed E-state index contributed by atoms with van der Waals surface area (Å²) in [6.45, 7) is 7.42. The average molecular weight is 434 g/mol. The SMILES string of the molecule is COc1ccc(CNCC2CCN(C)CC2)cc1OCC(O)CN1CCCCCCC1. The highest BCUT2D eigenvalue weighted by Gasteiger charge is 2.17. The molecule has 3 rings (SSSR count). The van der Waals surface area contributed by atoms with Crippen molar-refractivity contribution in [3.05, 3.63) is 23.8 Å². The first-order valence-corrected chi connectivity index (χ1v) is 12.2. The maximum atomic E-state index is 10.5. The number of nitrogens with zero attached hydrogens (tertiary/aromatic N) is 2. The molecule has 2 aliphatic heterocycles. The van der Waals surface area contributed by atoms with Crippen molar-refractivity contribution >= 4 is 0 Å². The molecule has 1 unspecified atom stereocenters. The normalized spacial score (nSPS) is 20.7. The molecule has 0 radical (unpaired) electrons. The average Bonchev–Trinajstić information content (AvgIpc) is 2.75. The minimum Gasteiger partial charge on any atom is -0.493 e. The van der Waals surface area contributed by atoms with Crippen molar-refractivity contribution in [2.45, 2.75) is 57.6 Å². The third-order valence-electron chi connectivity index (χ3n) is 6.68. The molecule has 176 valence electrons. The van der Waals surface area contributed by atoms with E-state index in [1.165, 1.54) is 63.6 Å². The highest BCUT2D eigenvalue weighted by Crippen LogP contribution is 2.28. The zero-order valence-corrected chi connectivity index (χ0v) is 19.7. The Balaban J connectivity index is 1.44. The minimum atomic E-state index is -0.490. The van der Waals surface area contributed by atoms with Gasteiger partial charge in [-0.2, -0.15) is 0 Å². The Bertz CT molecular complexity index is 626. The highest BCUT2D eigenvalue weighted by atomic mass is 16.5. The number of likely N-dealkylation sites (tertiary alicyclic amines) is 2. The van der Waals surface area contributed by atoms with Gasteiger partial charge in [0.1, 0.15) is 12.7 Å². The van der Waals surface area contributed by atoms with E-state index in [1.54, 1.807) is 7.11 Å². The number of nitrogens with one attached hydrogen (secondary N) is 1. The zero-order chi connectivity index (χ0) is 21.9. The van der Waals surface area contributed by atoms with Crippen molar-refractivity contribution in [1.82, 2.24) is 15.1 Å². The number of hydrogen-bond acceptors (Lipinski definition) is 6. The van der Waals surface area contributed by atoms with Crippen LogP contribution < -0.4 is 14.8 Å². The summed E-state index contributed by atoms with van der Waals surface area (Å²) in [7, 11) is 3.87. The lowest BCUT2D eigenvalue weighted by Gasteiger charge is -2.29. The maximum absolute atomic E-state index is 10.5. The van der Waals surface area contributed by atoms with Crippen molar-refractivity contribution in [3.63, 3.8) is 0 Å². The zero-order valence-electron chi connectivity index (χ0n) is 19.7. The Morgan fingerprint density at radius 2 is 1.74 bits per heavy atom. The van der Waals surface area contributed by atoms with Crippen LogP contribution in [0.4, 0.5) is 0 Å². The van der Waals surface area contributed by atoms with E-state index < -0.39 is 6.10 Å². The van der Waals surface area contributed by atoms with Crippen molar-refractivity contribution in [2.24, 2.45) is 5.92 Å². The second-order valence-electron chi connectivity index (χ2n) is 9.40. The van der Waals surface area contributed by atoms with Crippen LogP contribution >= 0.6 is 0 Å². The van der Waals surface area contributed by atoms with Crippen LogP contribution in [-0.4, -0.2) is 81.0 Å². The fourth-order valence-electron chi connectivity index (χ4n) is 4.66. The first-order valence-electron chi connectivity index (χ1n) is 12.2. The predicted molar refractivity (Wildman–Crippen MR) is 126 cm³/mol. The van der Waals surface area contributed by atoms with Gasteiger partial charge in [0, 0.05) is 13.1 Å². The van der Waals surface area contributed by atoms with Crippen LogP contribution in [-0.2, 0) is 6.54 Å². The van der Waals surface area contributed by atoms with Crippen LogP contribution in [0.25, 0.3) is 0 Å². The smallest absolute Gasteiger partial charge is 0.161 e. The van der Waals surface area contributed by atoms with E-state index in [0.717, 1.165) is 37.8 Å². The Kier molecular flexibility index (Phi) is 10.4. The third-order valence-corrected chi connectivity index (χ3v) is 6.68. The van der Waals surface area contributed by atoms with Crippen molar-refractivity contribution < 1.29 is 14.6 Å². The molecule has 6 nitrogen and oxygen atoms in total. The Morgan fingerprint density at radius 3 is 2.45 bits per heavy atom. The van der Waals surface area contributed by atoms with Gasteiger partial charge in [-0.3, -0.25) is 0 Å². The van der Waals surface area contributed by atoms with Gasteiger partial charge in [0.2, 0.25) is 0 Å². The Labute approximate surface area is 188 Å². The number of ether oxygens (including phenoxy) is 2. The molecule has 2 N–H and O–H groups in total. The summed E-state index contributed by atoms with van der Waals surface area (Å²) >= 11 is 0. The van der Waals surface area contributed by atoms with E-state index in [1.807, 2.05) is 12.1 Å². The fraction of sp³-hybridized carbons (Fsp3) is 0.760. The van der Waals surface area contributed by atoms with E-state index in [-0.39, 0.29) is 0 Å². The van der Waals surface area contributed by atoms with Gasteiger partial charge in [0.25, 0.3) is 0 Å². The molecule has 2 aliphatic rings. The van der Waals surface area contributed by atoms with E-state index in [2.05, 4.69) is 28.2 Å². The summed E-state index contributed by atoms with van der Waals surface area (Å²) in [5, 5.41) is 14.1. The van der Waals surface area contributed by atoms with E-state index in [4.69, 9.17) is 9.47 Å². The summed E-state index contributed by atoms with van der Waals surface area (Å²) in [5.74, 6) is 2.20. The number of aliphatic hydroxyl groups is 1. The van der Waals surface area contributed by atoms with Crippen LogP contribution in [0.5, 0.6) is 11.5 Å². The monoisotopic (exact) mass is 433 g/mol. The van der Waals surface area contributed by atoms with Gasteiger partial charge < -0.3 is 29.7 Å². The van der Waals surface area contributed by atoms with Gasteiger partial charge in [-0.15, -0.1) is 0 Å². The Morgan fingerprint density at radius 1 is 1.03 bits per heavy atom. The molecular weight excluding hydrogens is 390 g/mol. The van der Waals surface area contributed by atoms with Crippen LogP contribution in [0.2, 0.25) is 0 Å². The predicted octanol–water partition coefficient (Wildman–Crippen LogP) is 3.13. The molecule has 0 spiro atoms. The molecule has 0 bridgehead atoms. The second kappa shape index (κ2) is 13.3. The molecule has 0 aromatic heterocycles. The molecular formula is C25H43N3O3. The summed E-state index contributed by atoms with van der Waals surface area (Å²) in [6, 6.07) is 6.10. The summed E-state index contributed by atoms with van der Waals surface area (Å²) in [4.78, 5) is 4.79. The first kappa shape index (κ1) is 24.3. The van der Waals surface area contributed by atoms with Crippen LogP contribution in [0.1, 0.15) is 50.5 Å². The first-order chi connectivity index (χ1) is 15.1. The fourth-order valence-corrected chi connectivity index (χ4v) is 4.66. The number of benzene rings is 1. The summed E-state index contributed by atoms with van der Waals surface area (Å²) < 4.78 is 11.5. The van der Waals surface area contributed by atoms with Gasteiger partial charge in [-0.25, -0.2) is 0 Å². The van der Waals surface area contributed by atoms with Crippen molar-refractivity contribution in [2.75, 3.05) is 60.0 Å². The van der Waals surface area contributed by atoms with Crippen LogP contribution in [0.3, 0.4) is 0 Å². The number of methoxy groups -OCH3 is 1. The maximum Gasteiger partial charge on any atom is 0.161 e. The van der Waals surface area contributed by atoms with Crippen LogP contribution in [0.15, 0.2) is 18.2 Å². The van der Waals surface area contributed by atoms with E-state index in [9.17, 15) is 5.11 Å². The lowest BCUT2D eigenvalue weighted by atomic mass is 9.97. The molecule has 1 aromatic rings. The quantitative estimate of drug-likeness (QED) is 0.591. The molecule has 1 aromatic carbocycles. The molecule has 1 atom stereocenters. The summed E-state index contributed by atoms with van der Waals surface area (Å²) in [6.07, 6.45) is 8.47. The molecule has 0 aliphatic carbocycles.